The molecule has 1 N–H and O–H groups in total. The Morgan fingerprint density at radius 2 is 1.93 bits per heavy atom. The number of likely N-dealkylation sites (N-methyl/N-ethyl adjacent to an activating group) is 1. The molecule has 0 bridgehead atoms. The molecule has 1 amide bonds. The van der Waals surface area contributed by atoms with Gasteiger partial charge in [0.25, 0.3) is 5.56 Å². The third-order valence-corrected chi connectivity index (χ3v) is 6.54. The smallest absolute Gasteiger partial charge is 0.273 e. The molecule has 9 heteroatoms. The number of para-hydroxylation sites is 1. The molecule has 0 atom stereocenters. The summed E-state index contributed by atoms with van der Waals surface area (Å²) in [6, 6.07) is 7.68. The topological polar surface area (TPSA) is 83.4 Å². The summed E-state index contributed by atoms with van der Waals surface area (Å²) in [6.07, 6.45) is 2.23. The lowest BCUT2D eigenvalue weighted by Crippen LogP contribution is -2.46. The van der Waals surface area contributed by atoms with E-state index >= 15 is 0 Å². The molecular formula is C21H26N6O2S. The summed E-state index contributed by atoms with van der Waals surface area (Å²) in [7, 11) is 0. The highest BCUT2D eigenvalue weighted by Gasteiger charge is 2.21. The zero-order valence-electron chi connectivity index (χ0n) is 17.3. The molecule has 1 aromatic carbocycles. The van der Waals surface area contributed by atoms with Gasteiger partial charge in [0.2, 0.25) is 5.91 Å². The van der Waals surface area contributed by atoms with Crippen molar-refractivity contribution < 1.29 is 4.79 Å². The minimum Gasteiger partial charge on any atom is -0.345 e. The third kappa shape index (κ3) is 4.22. The van der Waals surface area contributed by atoms with Crippen LogP contribution >= 0.6 is 11.3 Å². The number of nitrogens with one attached hydrogen (secondary N) is 1. The van der Waals surface area contributed by atoms with Gasteiger partial charge in [-0.15, -0.1) is 0 Å². The normalized spacial score (nSPS) is 14.9. The number of anilines is 2. The van der Waals surface area contributed by atoms with Crippen LogP contribution in [0.5, 0.6) is 0 Å². The summed E-state index contributed by atoms with van der Waals surface area (Å²) < 4.78 is 1.84. The van der Waals surface area contributed by atoms with Crippen LogP contribution in [0, 0.1) is 0 Å². The summed E-state index contributed by atoms with van der Waals surface area (Å²) in [5, 5.41) is 3.72. The number of thiazole rings is 1. The number of carbonyl (C=O) groups excluding carboxylic acids is 1. The molecule has 0 spiro atoms. The molecule has 8 nitrogen and oxygen atoms in total. The standard InChI is InChI=1S/C21H26N6O2S/c1-3-15-7-5-6-8-16(15)23-17(28)13-27-14-22-19-18(20(27)29)30-21(24-19)26-11-9-25(4-2)10-12-26/h5-8,14H,3-4,9-13H2,1-2H3,(H,23,28). The molecule has 0 aliphatic carbocycles. The SMILES string of the molecule is CCc1ccccc1NC(=O)Cn1cnc2nc(N3CCN(CC)CC3)sc2c1=O. The van der Waals surface area contributed by atoms with E-state index in [1.807, 2.05) is 31.2 Å². The van der Waals surface area contributed by atoms with Gasteiger partial charge in [-0.1, -0.05) is 43.4 Å². The molecule has 1 aliphatic rings. The Labute approximate surface area is 179 Å². The summed E-state index contributed by atoms with van der Waals surface area (Å²) in [6.45, 7) is 8.93. The van der Waals surface area contributed by atoms with Gasteiger partial charge < -0.3 is 15.1 Å². The number of aromatic nitrogens is 3. The molecule has 4 rings (SSSR count). The van der Waals surface area contributed by atoms with Crippen LogP contribution in [0.3, 0.4) is 0 Å². The maximum atomic E-state index is 12.9. The summed E-state index contributed by atoms with van der Waals surface area (Å²) in [4.78, 5) is 38.9. The first kappa shape index (κ1) is 20.5. The third-order valence-electron chi connectivity index (χ3n) is 5.45. The Bertz CT molecular complexity index is 1100. The number of carbonyl (C=O) groups is 1. The van der Waals surface area contributed by atoms with E-state index in [1.165, 1.54) is 22.2 Å². The van der Waals surface area contributed by atoms with Crippen LogP contribution in [0.2, 0.25) is 0 Å². The minimum absolute atomic E-state index is 0.0811. The number of amides is 1. The van der Waals surface area contributed by atoms with Crippen molar-refractivity contribution in [2.24, 2.45) is 0 Å². The Kier molecular flexibility index (Phi) is 6.10. The average molecular weight is 427 g/mol. The highest BCUT2D eigenvalue weighted by molar-refractivity contribution is 7.22. The highest BCUT2D eigenvalue weighted by Crippen LogP contribution is 2.26. The first-order chi connectivity index (χ1) is 14.6. The van der Waals surface area contributed by atoms with Crippen molar-refractivity contribution in [1.29, 1.82) is 0 Å². The molecule has 3 aromatic rings. The molecule has 1 fully saturated rings. The minimum atomic E-state index is -0.250. The number of aryl methyl sites for hydroxylation is 1. The Morgan fingerprint density at radius 3 is 2.67 bits per heavy atom. The van der Waals surface area contributed by atoms with Crippen LogP contribution in [-0.4, -0.2) is 58.1 Å². The molecule has 0 radical (unpaired) electrons. The largest absolute Gasteiger partial charge is 0.345 e. The molecule has 30 heavy (non-hydrogen) atoms. The van der Waals surface area contributed by atoms with Crippen molar-refractivity contribution >= 4 is 38.4 Å². The van der Waals surface area contributed by atoms with Gasteiger partial charge in [-0.05, 0) is 24.6 Å². The van der Waals surface area contributed by atoms with Crippen molar-refractivity contribution in [3.8, 4) is 0 Å². The summed E-state index contributed by atoms with van der Waals surface area (Å²) in [5.41, 5.74) is 2.06. The molecule has 158 valence electrons. The first-order valence-electron chi connectivity index (χ1n) is 10.3. The van der Waals surface area contributed by atoms with Gasteiger partial charge in [0, 0.05) is 31.9 Å². The monoisotopic (exact) mass is 426 g/mol. The predicted octanol–water partition coefficient (Wildman–Crippen LogP) is 2.20. The number of hydrogen-bond acceptors (Lipinski definition) is 7. The van der Waals surface area contributed by atoms with Crippen LogP contribution in [0.4, 0.5) is 10.8 Å². The van der Waals surface area contributed by atoms with Gasteiger partial charge in [-0.3, -0.25) is 14.2 Å². The van der Waals surface area contributed by atoms with E-state index in [-0.39, 0.29) is 18.0 Å². The van der Waals surface area contributed by atoms with Crippen molar-refractivity contribution in [1.82, 2.24) is 19.4 Å². The van der Waals surface area contributed by atoms with Gasteiger partial charge in [0.1, 0.15) is 17.6 Å². The zero-order valence-corrected chi connectivity index (χ0v) is 18.1. The molecule has 0 saturated carbocycles. The van der Waals surface area contributed by atoms with Gasteiger partial charge in [-0.2, -0.15) is 4.98 Å². The van der Waals surface area contributed by atoms with Gasteiger partial charge >= 0.3 is 0 Å². The Balaban J connectivity index is 1.51. The van der Waals surface area contributed by atoms with E-state index < -0.39 is 0 Å². The molecule has 0 unspecified atom stereocenters. The predicted molar refractivity (Wildman–Crippen MR) is 120 cm³/mol. The average Bonchev–Trinajstić information content (AvgIpc) is 3.21. The summed E-state index contributed by atoms with van der Waals surface area (Å²) >= 11 is 1.36. The highest BCUT2D eigenvalue weighted by atomic mass is 32.1. The van der Waals surface area contributed by atoms with Gasteiger partial charge in [-0.25, -0.2) is 4.98 Å². The number of hydrogen-bond donors (Lipinski definition) is 1. The van der Waals surface area contributed by atoms with Gasteiger partial charge in [0.15, 0.2) is 10.8 Å². The van der Waals surface area contributed by atoms with Crippen LogP contribution in [-0.2, 0) is 17.8 Å². The number of rotatable bonds is 6. The quantitative estimate of drug-likeness (QED) is 0.651. The van der Waals surface area contributed by atoms with E-state index in [4.69, 9.17) is 0 Å². The second-order valence-corrected chi connectivity index (χ2v) is 8.28. The fraction of sp³-hybridized carbons (Fsp3) is 0.429. The fourth-order valence-electron chi connectivity index (χ4n) is 3.63. The Morgan fingerprint density at radius 1 is 1.17 bits per heavy atom. The lowest BCUT2D eigenvalue weighted by atomic mass is 10.1. The number of nitrogens with zero attached hydrogens (tertiary/aromatic N) is 5. The fourth-order valence-corrected chi connectivity index (χ4v) is 4.65. The lowest BCUT2D eigenvalue weighted by molar-refractivity contribution is -0.116. The van der Waals surface area contributed by atoms with Gasteiger partial charge in [0.05, 0.1) is 0 Å². The second kappa shape index (κ2) is 8.93. The number of fused-ring (bicyclic) bond motifs is 1. The molecular weight excluding hydrogens is 400 g/mol. The summed E-state index contributed by atoms with van der Waals surface area (Å²) in [5.74, 6) is -0.250. The molecule has 2 aromatic heterocycles. The first-order valence-corrected chi connectivity index (χ1v) is 11.1. The van der Waals surface area contributed by atoms with Crippen LogP contribution in [0.1, 0.15) is 19.4 Å². The van der Waals surface area contributed by atoms with Crippen LogP contribution in [0.15, 0.2) is 35.4 Å². The van der Waals surface area contributed by atoms with E-state index in [9.17, 15) is 9.59 Å². The second-order valence-electron chi connectivity index (χ2n) is 7.31. The van der Waals surface area contributed by atoms with Crippen LogP contribution in [0.25, 0.3) is 10.3 Å². The number of benzene rings is 1. The maximum absolute atomic E-state index is 12.9. The van der Waals surface area contributed by atoms with Crippen molar-refractivity contribution in [2.75, 3.05) is 42.9 Å². The van der Waals surface area contributed by atoms with E-state index in [2.05, 4.69) is 32.0 Å². The molecule has 1 saturated heterocycles. The Hall–Kier alpha value is -2.78. The lowest BCUT2D eigenvalue weighted by Gasteiger charge is -2.33. The zero-order chi connectivity index (χ0) is 21.1. The molecule has 1 aliphatic heterocycles. The van der Waals surface area contributed by atoms with Crippen molar-refractivity contribution in [3.05, 3.63) is 46.5 Å². The van der Waals surface area contributed by atoms with Crippen molar-refractivity contribution in [3.63, 3.8) is 0 Å². The van der Waals surface area contributed by atoms with Crippen LogP contribution < -0.4 is 15.8 Å². The van der Waals surface area contributed by atoms with E-state index in [0.29, 0.717) is 10.3 Å². The van der Waals surface area contributed by atoms with E-state index in [0.717, 1.165) is 55.5 Å². The number of piperazine rings is 1. The van der Waals surface area contributed by atoms with E-state index in [1.54, 1.807) is 0 Å². The molecule has 3 heterocycles. The van der Waals surface area contributed by atoms with Crippen molar-refractivity contribution in [2.45, 2.75) is 26.8 Å². The maximum Gasteiger partial charge on any atom is 0.273 e.